The number of aromatic nitrogens is 1. The number of hydrogen-bond donors (Lipinski definition) is 1. The van der Waals surface area contributed by atoms with Crippen molar-refractivity contribution in [3.05, 3.63) is 27.5 Å². The molecule has 0 radical (unpaired) electrons. The molecule has 0 bridgehead atoms. The van der Waals surface area contributed by atoms with Gasteiger partial charge in [0.2, 0.25) is 5.91 Å². The van der Waals surface area contributed by atoms with Gasteiger partial charge in [0.05, 0.1) is 6.54 Å². The molecule has 5 nitrogen and oxygen atoms in total. The van der Waals surface area contributed by atoms with Crippen molar-refractivity contribution in [2.75, 3.05) is 0 Å². The summed E-state index contributed by atoms with van der Waals surface area (Å²) in [5.74, 6) is 0.567. The van der Waals surface area contributed by atoms with Gasteiger partial charge in [0.15, 0.2) is 5.43 Å². The molecule has 2 rings (SSSR count). The maximum atomic E-state index is 11.9. The predicted molar refractivity (Wildman–Crippen MR) is 70.3 cm³/mol. The summed E-state index contributed by atoms with van der Waals surface area (Å²) in [6, 6.07) is 1.52. The van der Waals surface area contributed by atoms with Crippen molar-refractivity contribution >= 4 is 17.9 Å². The molecule has 1 aromatic heterocycles. The lowest BCUT2D eigenvalue weighted by atomic mass is 10.1. The molecule has 0 saturated heterocycles. The topological polar surface area (TPSA) is 63.5 Å². The summed E-state index contributed by atoms with van der Waals surface area (Å²) in [4.78, 5) is 27.6. The number of hydrogen-bond acceptors (Lipinski definition) is 3. The average molecular weight is 247 g/mol. The van der Waals surface area contributed by atoms with E-state index in [-0.39, 0.29) is 23.8 Å². The second-order valence-corrected chi connectivity index (χ2v) is 4.73. The molecule has 0 atom stereocenters. The molecule has 1 aromatic rings. The van der Waals surface area contributed by atoms with Gasteiger partial charge in [-0.2, -0.15) is 0 Å². The monoisotopic (exact) mass is 247 g/mol. The van der Waals surface area contributed by atoms with E-state index in [0.717, 1.165) is 5.69 Å². The standard InChI is InChI=1S/C13H17N3O2/c1-8(2)13(18)15-7-10-9(3)16-5-4-14-12(16)6-11(10)17/h4,6,8H,5,7H2,1-3H3,(H,15,18). The highest BCUT2D eigenvalue weighted by Crippen LogP contribution is 2.18. The number of nitrogens with one attached hydrogen (secondary N) is 1. The highest BCUT2D eigenvalue weighted by atomic mass is 16.1. The first kappa shape index (κ1) is 12.5. The van der Waals surface area contributed by atoms with E-state index < -0.39 is 0 Å². The molecule has 5 heteroatoms. The fourth-order valence-electron chi connectivity index (χ4n) is 1.94. The molecule has 18 heavy (non-hydrogen) atoms. The Labute approximate surface area is 106 Å². The largest absolute Gasteiger partial charge is 0.352 e. The van der Waals surface area contributed by atoms with Crippen molar-refractivity contribution in [1.29, 1.82) is 0 Å². The van der Waals surface area contributed by atoms with Crippen LogP contribution in [0.25, 0.3) is 0 Å². The minimum atomic E-state index is -0.0779. The summed E-state index contributed by atoms with van der Waals surface area (Å²) in [7, 11) is 0. The third kappa shape index (κ3) is 2.20. The van der Waals surface area contributed by atoms with Crippen molar-refractivity contribution in [3.8, 4) is 0 Å². The Hall–Kier alpha value is -1.91. The smallest absolute Gasteiger partial charge is 0.222 e. The summed E-state index contributed by atoms with van der Waals surface area (Å²) in [5.41, 5.74) is 1.44. The highest BCUT2D eigenvalue weighted by molar-refractivity contribution is 5.77. The van der Waals surface area contributed by atoms with E-state index in [1.807, 2.05) is 25.3 Å². The molecule has 2 heterocycles. The zero-order chi connectivity index (χ0) is 13.3. The van der Waals surface area contributed by atoms with E-state index in [1.54, 1.807) is 6.21 Å². The maximum absolute atomic E-state index is 11.9. The zero-order valence-electron chi connectivity index (χ0n) is 10.9. The second-order valence-electron chi connectivity index (χ2n) is 4.73. The summed E-state index contributed by atoms with van der Waals surface area (Å²) < 4.78 is 1.97. The van der Waals surface area contributed by atoms with Gasteiger partial charge in [-0.3, -0.25) is 9.59 Å². The number of nitrogens with zero attached hydrogens (tertiary/aromatic N) is 2. The fraction of sp³-hybridized carbons (Fsp3) is 0.462. The quantitative estimate of drug-likeness (QED) is 0.870. The molecule has 0 aromatic carbocycles. The third-order valence-electron chi connectivity index (χ3n) is 3.13. The average Bonchev–Trinajstić information content (AvgIpc) is 2.76. The van der Waals surface area contributed by atoms with Crippen LogP contribution in [0.3, 0.4) is 0 Å². The van der Waals surface area contributed by atoms with Crippen LogP contribution in [-0.4, -0.2) is 16.7 Å². The van der Waals surface area contributed by atoms with Crippen LogP contribution in [0.15, 0.2) is 15.9 Å². The van der Waals surface area contributed by atoms with Crippen LogP contribution < -0.4 is 10.7 Å². The molecule has 0 aliphatic carbocycles. The Bertz CT molecular complexity index is 570. The highest BCUT2D eigenvalue weighted by Gasteiger charge is 2.15. The molecule has 1 amide bonds. The number of fused-ring (bicyclic) bond motifs is 1. The van der Waals surface area contributed by atoms with E-state index in [0.29, 0.717) is 17.9 Å². The van der Waals surface area contributed by atoms with Crippen molar-refractivity contribution in [2.24, 2.45) is 10.9 Å². The van der Waals surface area contributed by atoms with E-state index in [4.69, 9.17) is 0 Å². The summed E-state index contributed by atoms with van der Waals surface area (Å²) in [5, 5.41) is 2.78. The molecular weight excluding hydrogens is 230 g/mol. The first-order chi connectivity index (χ1) is 8.50. The number of carbonyl (C=O) groups is 1. The number of pyridine rings is 1. The molecule has 0 spiro atoms. The molecule has 1 aliphatic heterocycles. The van der Waals surface area contributed by atoms with Crippen molar-refractivity contribution in [1.82, 2.24) is 9.88 Å². The van der Waals surface area contributed by atoms with Crippen molar-refractivity contribution < 1.29 is 4.79 Å². The Kier molecular flexibility index (Phi) is 3.32. The first-order valence-corrected chi connectivity index (χ1v) is 6.04. The fourth-order valence-corrected chi connectivity index (χ4v) is 1.94. The van der Waals surface area contributed by atoms with Crippen LogP contribution in [0.2, 0.25) is 0 Å². The summed E-state index contributed by atoms with van der Waals surface area (Å²) >= 11 is 0. The van der Waals surface area contributed by atoms with Gasteiger partial charge < -0.3 is 9.88 Å². The van der Waals surface area contributed by atoms with E-state index in [9.17, 15) is 9.59 Å². The molecule has 1 N–H and O–H groups in total. The van der Waals surface area contributed by atoms with Crippen molar-refractivity contribution in [2.45, 2.75) is 33.9 Å². The number of aliphatic imine (C=N–C) groups is 1. The van der Waals surface area contributed by atoms with Crippen LogP contribution in [-0.2, 0) is 17.9 Å². The minimum absolute atomic E-state index is 0.0458. The summed E-state index contributed by atoms with van der Waals surface area (Å²) in [6.07, 6.45) is 1.78. The molecule has 0 saturated carbocycles. The maximum Gasteiger partial charge on any atom is 0.222 e. The Morgan fingerprint density at radius 3 is 2.94 bits per heavy atom. The predicted octanol–water partition coefficient (Wildman–Crippen LogP) is 1.14. The Morgan fingerprint density at radius 1 is 1.56 bits per heavy atom. The molecule has 0 unspecified atom stereocenters. The summed E-state index contributed by atoms with van der Waals surface area (Å²) in [6.45, 7) is 6.50. The Balaban J connectivity index is 2.25. The van der Waals surface area contributed by atoms with Gasteiger partial charge >= 0.3 is 0 Å². The van der Waals surface area contributed by atoms with E-state index >= 15 is 0 Å². The molecular formula is C13H17N3O2. The number of amides is 1. The third-order valence-corrected chi connectivity index (χ3v) is 3.13. The van der Waals surface area contributed by atoms with Gasteiger partial charge in [-0.1, -0.05) is 13.8 Å². The molecule has 0 fully saturated rings. The number of rotatable bonds is 3. The Morgan fingerprint density at radius 2 is 2.28 bits per heavy atom. The lowest BCUT2D eigenvalue weighted by molar-refractivity contribution is -0.124. The van der Waals surface area contributed by atoms with Gasteiger partial charge in [-0.25, -0.2) is 4.99 Å². The minimum Gasteiger partial charge on any atom is -0.352 e. The van der Waals surface area contributed by atoms with Gasteiger partial charge in [-0.05, 0) is 6.92 Å². The van der Waals surface area contributed by atoms with Gasteiger partial charge in [0, 0.05) is 36.0 Å². The lowest BCUT2D eigenvalue weighted by Gasteiger charge is -2.13. The normalized spacial score (nSPS) is 12.9. The first-order valence-electron chi connectivity index (χ1n) is 6.04. The zero-order valence-corrected chi connectivity index (χ0v) is 10.9. The van der Waals surface area contributed by atoms with Gasteiger partial charge in [0.25, 0.3) is 0 Å². The van der Waals surface area contributed by atoms with Crippen LogP contribution in [0.1, 0.15) is 25.1 Å². The van der Waals surface area contributed by atoms with Crippen LogP contribution in [0, 0.1) is 12.8 Å². The molecule has 96 valence electrons. The van der Waals surface area contributed by atoms with Crippen molar-refractivity contribution in [3.63, 3.8) is 0 Å². The van der Waals surface area contributed by atoms with Crippen LogP contribution in [0.4, 0.5) is 5.82 Å². The SMILES string of the molecule is Cc1c(CNC(=O)C(C)C)c(=O)cc2n1CC=N2. The van der Waals surface area contributed by atoms with Crippen LogP contribution >= 0.6 is 0 Å². The number of carbonyl (C=O) groups excluding carboxylic acids is 1. The molecule has 1 aliphatic rings. The second kappa shape index (κ2) is 4.76. The van der Waals surface area contributed by atoms with Gasteiger partial charge in [0.1, 0.15) is 5.82 Å². The van der Waals surface area contributed by atoms with Crippen LogP contribution in [0.5, 0.6) is 0 Å². The van der Waals surface area contributed by atoms with E-state index in [2.05, 4.69) is 10.3 Å². The van der Waals surface area contributed by atoms with E-state index in [1.165, 1.54) is 6.07 Å². The lowest BCUT2D eigenvalue weighted by Crippen LogP contribution is -2.30. The van der Waals surface area contributed by atoms with Gasteiger partial charge in [-0.15, -0.1) is 0 Å².